The number of halogens is 1. The van der Waals surface area contributed by atoms with Crippen molar-refractivity contribution in [3.63, 3.8) is 0 Å². The van der Waals surface area contributed by atoms with Crippen molar-refractivity contribution in [2.45, 2.75) is 13.2 Å². The van der Waals surface area contributed by atoms with Crippen LogP contribution in [-0.4, -0.2) is 25.3 Å². The minimum Gasteiger partial charge on any atom is -0.497 e. The number of hydrogen-bond donors (Lipinski definition) is 1. The molecule has 2 aromatic rings. The van der Waals surface area contributed by atoms with Crippen LogP contribution in [0.5, 0.6) is 5.75 Å². The molecule has 1 aliphatic heterocycles. The third-order valence-corrected chi connectivity index (χ3v) is 4.15. The van der Waals surface area contributed by atoms with E-state index in [9.17, 15) is 9.59 Å². The van der Waals surface area contributed by atoms with E-state index in [2.05, 4.69) is 5.32 Å². The summed E-state index contributed by atoms with van der Waals surface area (Å²) < 4.78 is 15.6. The SMILES string of the molecule is COc1cccc(NC2=C(Cl)C(=O)OC2OC(=O)c2ccccc2C)c1. The summed E-state index contributed by atoms with van der Waals surface area (Å²) in [5.41, 5.74) is 1.89. The quantitative estimate of drug-likeness (QED) is 0.807. The van der Waals surface area contributed by atoms with Gasteiger partial charge in [0.2, 0.25) is 0 Å². The molecule has 0 radical (unpaired) electrons. The number of nitrogens with one attached hydrogen (secondary N) is 1. The molecule has 0 fully saturated rings. The van der Waals surface area contributed by atoms with Crippen LogP contribution in [0.25, 0.3) is 0 Å². The molecule has 26 heavy (non-hydrogen) atoms. The molecule has 0 aliphatic carbocycles. The molecule has 7 heteroatoms. The molecular weight excluding hydrogens is 358 g/mol. The lowest BCUT2D eigenvalue weighted by molar-refractivity contribution is -0.152. The summed E-state index contributed by atoms with van der Waals surface area (Å²) in [7, 11) is 1.54. The molecule has 2 aromatic carbocycles. The van der Waals surface area contributed by atoms with Gasteiger partial charge in [-0.3, -0.25) is 0 Å². The van der Waals surface area contributed by atoms with Gasteiger partial charge in [0.25, 0.3) is 6.29 Å². The molecule has 0 aromatic heterocycles. The maximum Gasteiger partial charge on any atom is 0.355 e. The van der Waals surface area contributed by atoms with Crippen molar-refractivity contribution in [1.82, 2.24) is 0 Å². The van der Waals surface area contributed by atoms with E-state index in [0.717, 1.165) is 5.56 Å². The molecule has 6 nitrogen and oxygen atoms in total. The summed E-state index contributed by atoms with van der Waals surface area (Å²) in [5, 5.41) is 2.79. The van der Waals surface area contributed by atoms with E-state index in [1.165, 1.54) is 0 Å². The number of cyclic esters (lactones) is 1. The molecule has 3 rings (SSSR count). The lowest BCUT2D eigenvalue weighted by Crippen LogP contribution is -2.24. The zero-order valence-electron chi connectivity index (χ0n) is 14.1. The Labute approximate surface area is 155 Å². The van der Waals surface area contributed by atoms with Gasteiger partial charge in [-0.2, -0.15) is 0 Å². The zero-order chi connectivity index (χ0) is 18.7. The predicted octanol–water partition coefficient (Wildman–Crippen LogP) is 3.61. The van der Waals surface area contributed by atoms with Crippen molar-refractivity contribution < 1.29 is 23.8 Å². The fourth-order valence-corrected chi connectivity index (χ4v) is 2.62. The zero-order valence-corrected chi connectivity index (χ0v) is 14.9. The largest absolute Gasteiger partial charge is 0.497 e. The number of rotatable bonds is 5. The van der Waals surface area contributed by atoms with Gasteiger partial charge in [-0.25, -0.2) is 9.59 Å². The second kappa shape index (κ2) is 7.49. The third kappa shape index (κ3) is 3.65. The van der Waals surface area contributed by atoms with Crippen LogP contribution >= 0.6 is 11.6 Å². The van der Waals surface area contributed by atoms with Crippen LogP contribution in [0, 0.1) is 6.92 Å². The van der Waals surface area contributed by atoms with Gasteiger partial charge in [-0.1, -0.05) is 35.9 Å². The lowest BCUT2D eigenvalue weighted by atomic mass is 10.1. The summed E-state index contributed by atoms with van der Waals surface area (Å²) in [6.07, 6.45) is -1.26. The second-order valence-corrected chi connectivity index (χ2v) is 5.92. The first-order chi connectivity index (χ1) is 12.5. The van der Waals surface area contributed by atoms with Crippen molar-refractivity contribution in [2.24, 2.45) is 0 Å². The van der Waals surface area contributed by atoms with Gasteiger partial charge in [-0.15, -0.1) is 0 Å². The molecule has 1 aliphatic rings. The molecular formula is C19H16ClNO5. The molecule has 1 N–H and O–H groups in total. The van der Waals surface area contributed by atoms with E-state index in [-0.39, 0.29) is 10.7 Å². The Kier molecular flexibility index (Phi) is 5.14. The number of ether oxygens (including phenoxy) is 3. The Morgan fingerprint density at radius 1 is 1.19 bits per heavy atom. The Balaban J connectivity index is 1.82. The van der Waals surface area contributed by atoms with Crippen LogP contribution in [-0.2, 0) is 14.3 Å². The fourth-order valence-electron chi connectivity index (χ4n) is 2.44. The van der Waals surface area contributed by atoms with E-state index in [1.807, 2.05) is 6.07 Å². The number of esters is 2. The van der Waals surface area contributed by atoms with Gasteiger partial charge in [0, 0.05) is 11.8 Å². The summed E-state index contributed by atoms with van der Waals surface area (Å²) in [4.78, 5) is 24.2. The van der Waals surface area contributed by atoms with E-state index in [1.54, 1.807) is 56.5 Å². The first kappa shape index (κ1) is 17.8. The second-order valence-electron chi connectivity index (χ2n) is 5.54. The Hall–Kier alpha value is -2.99. The number of hydrogen-bond acceptors (Lipinski definition) is 6. The van der Waals surface area contributed by atoms with Gasteiger partial charge >= 0.3 is 11.9 Å². The first-order valence-electron chi connectivity index (χ1n) is 7.78. The van der Waals surface area contributed by atoms with E-state index < -0.39 is 18.2 Å². The number of carbonyl (C=O) groups is 2. The van der Waals surface area contributed by atoms with Crippen molar-refractivity contribution in [3.05, 3.63) is 70.4 Å². The van der Waals surface area contributed by atoms with Crippen molar-refractivity contribution in [3.8, 4) is 5.75 Å². The van der Waals surface area contributed by atoms with E-state index in [4.69, 9.17) is 25.8 Å². The number of methoxy groups -OCH3 is 1. The molecule has 1 atom stereocenters. The first-order valence-corrected chi connectivity index (χ1v) is 8.15. The predicted molar refractivity (Wildman–Crippen MR) is 96.0 cm³/mol. The molecule has 0 saturated carbocycles. The Bertz CT molecular complexity index is 893. The van der Waals surface area contributed by atoms with Gasteiger partial charge in [-0.05, 0) is 30.7 Å². The Morgan fingerprint density at radius 2 is 1.96 bits per heavy atom. The van der Waals surface area contributed by atoms with Gasteiger partial charge < -0.3 is 19.5 Å². The summed E-state index contributed by atoms with van der Waals surface area (Å²) in [6, 6.07) is 14.0. The van der Waals surface area contributed by atoms with Gasteiger partial charge in [0.1, 0.15) is 11.4 Å². The minimum absolute atomic E-state index is 0.159. The van der Waals surface area contributed by atoms with Crippen LogP contribution in [0.4, 0.5) is 5.69 Å². The fraction of sp³-hybridized carbons (Fsp3) is 0.158. The highest BCUT2D eigenvalue weighted by molar-refractivity contribution is 6.42. The van der Waals surface area contributed by atoms with Gasteiger partial charge in [0.05, 0.1) is 12.7 Å². The molecule has 1 heterocycles. The normalized spacial score (nSPS) is 16.3. The molecule has 1 unspecified atom stereocenters. The maximum atomic E-state index is 12.4. The van der Waals surface area contributed by atoms with Crippen molar-refractivity contribution in [1.29, 1.82) is 0 Å². The standard InChI is InChI=1S/C19H16ClNO5/c1-11-6-3-4-9-14(11)17(22)25-19-16(15(20)18(23)26-19)21-12-7-5-8-13(10-12)24-2/h3-10,19,21H,1-2H3. The minimum atomic E-state index is -1.26. The van der Waals surface area contributed by atoms with Crippen LogP contribution in [0.15, 0.2) is 59.3 Å². The third-order valence-electron chi connectivity index (χ3n) is 3.79. The van der Waals surface area contributed by atoms with Crippen LogP contribution in [0.2, 0.25) is 0 Å². The van der Waals surface area contributed by atoms with Gasteiger partial charge in [0.15, 0.2) is 5.03 Å². The lowest BCUT2D eigenvalue weighted by Gasteiger charge is -2.17. The summed E-state index contributed by atoms with van der Waals surface area (Å²) in [5.74, 6) is -0.762. The molecule has 0 amide bonds. The van der Waals surface area contributed by atoms with Crippen LogP contribution in [0.1, 0.15) is 15.9 Å². The van der Waals surface area contributed by atoms with E-state index in [0.29, 0.717) is 17.0 Å². The number of aryl methyl sites for hydroxylation is 1. The maximum absolute atomic E-state index is 12.4. The average Bonchev–Trinajstić information content (AvgIpc) is 2.89. The van der Waals surface area contributed by atoms with Crippen LogP contribution in [0.3, 0.4) is 0 Å². The van der Waals surface area contributed by atoms with E-state index >= 15 is 0 Å². The van der Waals surface area contributed by atoms with Crippen LogP contribution < -0.4 is 10.1 Å². The molecule has 0 bridgehead atoms. The smallest absolute Gasteiger partial charge is 0.355 e. The molecule has 134 valence electrons. The highest BCUT2D eigenvalue weighted by atomic mass is 35.5. The molecule has 0 spiro atoms. The monoisotopic (exact) mass is 373 g/mol. The molecule has 0 saturated heterocycles. The number of benzene rings is 2. The highest BCUT2D eigenvalue weighted by Gasteiger charge is 2.36. The van der Waals surface area contributed by atoms with Crippen molar-refractivity contribution in [2.75, 3.05) is 12.4 Å². The highest BCUT2D eigenvalue weighted by Crippen LogP contribution is 2.29. The van der Waals surface area contributed by atoms with Crippen molar-refractivity contribution >= 4 is 29.2 Å². The summed E-state index contributed by atoms with van der Waals surface area (Å²) in [6.45, 7) is 1.79. The Morgan fingerprint density at radius 3 is 2.69 bits per heavy atom. The number of carbonyl (C=O) groups excluding carboxylic acids is 2. The topological polar surface area (TPSA) is 73.9 Å². The number of anilines is 1. The summed E-state index contributed by atoms with van der Waals surface area (Å²) >= 11 is 6.03. The average molecular weight is 374 g/mol.